The predicted molar refractivity (Wildman–Crippen MR) is 103 cm³/mol. The van der Waals surface area contributed by atoms with E-state index in [2.05, 4.69) is 29.6 Å². The van der Waals surface area contributed by atoms with Crippen molar-refractivity contribution >= 4 is 17.9 Å². The van der Waals surface area contributed by atoms with Crippen molar-refractivity contribution in [2.45, 2.75) is 32.2 Å². The van der Waals surface area contributed by atoms with Gasteiger partial charge in [0, 0.05) is 38.0 Å². The first-order chi connectivity index (χ1) is 12.5. The van der Waals surface area contributed by atoms with Crippen LogP contribution >= 0.6 is 0 Å². The fourth-order valence-corrected chi connectivity index (χ4v) is 3.96. The van der Waals surface area contributed by atoms with E-state index >= 15 is 0 Å². The van der Waals surface area contributed by atoms with Crippen molar-refractivity contribution < 1.29 is 9.59 Å². The topological polar surface area (TPSA) is 52.7 Å². The van der Waals surface area contributed by atoms with Crippen LogP contribution in [0.4, 0.5) is 0 Å². The van der Waals surface area contributed by atoms with Gasteiger partial charge in [0.1, 0.15) is 0 Å². The highest BCUT2D eigenvalue weighted by Gasteiger charge is 2.45. The maximum Gasteiger partial charge on any atom is 0.239 e. The molecule has 1 aromatic carbocycles. The molecule has 0 aliphatic carbocycles. The average Bonchev–Trinajstić information content (AvgIpc) is 2.97. The molecule has 2 saturated heterocycles. The first-order valence-electron chi connectivity index (χ1n) is 9.48. The van der Waals surface area contributed by atoms with Crippen molar-refractivity contribution in [2.24, 2.45) is 5.41 Å². The van der Waals surface area contributed by atoms with Gasteiger partial charge in [0.2, 0.25) is 11.8 Å². The molecule has 5 heteroatoms. The molecule has 0 bridgehead atoms. The second-order valence-corrected chi connectivity index (χ2v) is 7.60. The number of likely N-dealkylation sites (tertiary alicyclic amines) is 2. The number of amides is 2. The zero-order chi connectivity index (χ0) is 18.6. The quantitative estimate of drug-likeness (QED) is 0.881. The molecule has 2 amide bonds. The van der Waals surface area contributed by atoms with Crippen molar-refractivity contribution in [3.05, 3.63) is 42.0 Å². The van der Waals surface area contributed by atoms with Gasteiger partial charge in [0.25, 0.3) is 0 Å². The summed E-state index contributed by atoms with van der Waals surface area (Å²) in [6.07, 6.45) is 6.59. The van der Waals surface area contributed by atoms with Crippen LogP contribution in [0.15, 0.2) is 36.4 Å². The van der Waals surface area contributed by atoms with Crippen molar-refractivity contribution in [1.82, 2.24) is 15.1 Å². The van der Waals surface area contributed by atoms with E-state index in [4.69, 9.17) is 0 Å². The Balaban J connectivity index is 1.53. The maximum atomic E-state index is 12.5. The molecule has 1 aromatic rings. The number of piperidine rings is 1. The van der Waals surface area contributed by atoms with Crippen molar-refractivity contribution in [3.8, 4) is 0 Å². The minimum absolute atomic E-state index is 0.0529. The predicted octanol–water partition coefficient (Wildman–Crippen LogP) is 2.15. The molecule has 5 nitrogen and oxygen atoms in total. The van der Waals surface area contributed by atoms with E-state index in [0.717, 1.165) is 38.0 Å². The van der Waals surface area contributed by atoms with E-state index in [9.17, 15) is 9.59 Å². The number of benzene rings is 1. The fraction of sp³-hybridized carbons (Fsp3) is 0.524. The van der Waals surface area contributed by atoms with Crippen LogP contribution in [0.3, 0.4) is 0 Å². The van der Waals surface area contributed by atoms with E-state index in [0.29, 0.717) is 13.0 Å². The minimum atomic E-state index is -0.145. The zero-order valence-electron chi connectivity index (χ0n) is 15.8. The van der Waals surface area contributed by atoms with Crippen LogP contribution in [0.1, 0.15) is 31.7 Å². The summed E-state index contributed by atoms with van der Waals surface area (Å²) < 4.78 is 0. The van der Waals surface area contributed by atoms with E-state index in [1.165, 1.54) is 0 Å². The molecule has 1 atom stereocenters. The van der Waals surface area contributed by atoms with Crippen LogP contribution in [-0.4, -0.2) is 60.9 Å². The SMILES string of the molecule is CN[C@@H](C)C(=O)N1CCC2(CC1)CC(=O)N(C/C=C/c1ccccc1)C2. The Morgan fingerprint density at radius 3 is 2.62 bits per heavy atom. The number of carbonyl (C=O) groups excluding carboxylic acids is 2. The number of hydrogen-bond donors (Lipinski definition) is 1. The molecule has 0 unspecified atom stereocenters. The standard InChI is InChI=1S/C21H29N3O2/c1-17(22-2)20(26)23-13-10-21(11-14-23)15-19(25)24(16-21)12-6-9-18-7-4-3-5-8-18/h3-9,17,22H,10-16H2,1-2H3/b9-6+/t17-/m0/s1. The molecule has 2 aliphatic heterocycles. The molecule has 2 heterocycles. The lowest BCUT2D eigenvalue weighted by Crippen LogP contribution is -2.49. The Morgan fingerprint density at radius 2 is 1.96 bits per heavy atom. The average molecular weight is 355 g/mol. The van der Waals surface area contributed by atoms with Gasteiger partial charge in [-0.25, -0.2) is 0 Å². The summed E-state index contributed by atoms with van der Waals surface area (Å²) in [7, 11) is 1.81. The molecule has 26 heavy (non-hydrogen) atoms. The minimum Gasteiger partial charge on any atom is -0.341 e. The maximum absolute atomic E-state index is 12.5. The van der Waals surface area contributed by atoms with Crippen molar-refractivity contribution in [3.63, 3.8) is 0 Å². The van der Waals surface area contributed by atoms with Gasteiger partial charge in [-0.1, -0.05) is 42.5 Å². The van der Waals surface area contributed by atoms with Gasteiger partial charge in [-0.2, -0.15) is 0 Å². The zero-order valence-corrected chi connectivity index (χ0v) is 15.8. The summed E-state index contributed by atoms with van der Waals surface area (Å²) in [5, 5.41) is 3.01. The summed E-state index contributed by atoms with van der Waals surface area (Å²) in [5.74, 6) is 0.403. The molecule has 1 N–H and O–H groups in total. The third-order valence-electron chi connectivity index (χ3n) is 5.78. The van der Waals surface area contributed by atoms with E-state index in [1.807, 2.05) is 42.0 Å². The van der Waals surface area contributed by atoms with Gasteiger partial charge >= 0.3 is 0 Å². The van der Waals surface area contributed by atoms with Gasteiger partial charge in [-0.05, 0) is 32.4 Å². The van der Waals surface area contributed by atoms with E-state index in [1.54, 1.807) is 0 Å². The Hall–Kier alpha value is -2.14. The molecule has 2 fully saturated rings. The van der Waals surface area contributed by atoms with Crippen LogP contribution in [0, 0.1) is 5.41 Å². The van der Waals surface area contributed by atoms with E-state index in [-0.39, 0.29) is 23.3 Å². The summed E-state index contributed by atoms with van der Waals surface area (Å²) in [6.45, 7) is 4.88. The number of nitrogens with one attached hydrogen (secondary N) is 1. The smallest absolute Gasteiger partial charge is 0.239 e. The molecule has 3 rings (SSSR count). The summed E-state index contributed by atoms with van der Waals surface area (Å²) >= 11 is 0. The van der Waals surface area contributed by atoms with Crippen LogP contribution in [-0.2, 0) is 9.59 Å². The number of carbonyl (C=O) groups is 2. The van der Waals surface area contributed by atoms with Crippen molar-refractivity contribution in [2.75, 3.05) is 33.2 Å². The molecule has 0 saturated carbocycles. The lowest BCUT2D eigenvalue weighted by atomic mass is 9.77. The van der Waals surface area contributed by atoms with Crippen LogP contribution in [0.2, 0.25) is 0 Å². The highest BCUT2D eigenvalue weighted by Crippen LogP contribution is 2.41. The Bertz CT molecular complexity index is 663. The summed E-state index contributed by atoms with van der Waals surface area (Å²) in [5.41, 5.74) is 1.21. The van der Waals surface area contributed by atoms with Gasteiger partial charge < -0.3 is 15.1 Å². The largest absolute Gasteiger partial charge is 0.341 e. The molecule has 1 spiro atoms. The van der Waals surface area contributed by atoms with Crippen LogP contribution < -0.4 is 5.32 Å². The van der Waals surface area contributed by atoms with Crippen LogP contribution in [0.5, 0.6) is 0 Å². The summed E-state index contributed by atoms with van der Waals surface area (Å²) in [6, 6.07) is 10.00. The number of hydrogen-bond acceptors (Lipinski definition) is 3. The first-order valence-corrected chi connectivity index (χ1v) is 9.48. The Morgan fingerprint density at radius 1 is 1.27 bits per heavy atom. The van der Waals surface area contributed by atoms with Crippen molar-refractivity contribution in [1.29, 1.82) is 0 Å². The molecule has 0 aromatic heterocycles. The Labute approximate surface area is 156 Å². The first kappa shape index (κ1) is 18.6. The lowest BCUT2D eigenvalue weighted by molar-refractivity contribution is -0.135. The van der Waals surface area contributed by atoms with Gasteiger partial charge in [0.15, 0.2) is 0 Å². The molecule has 2 aliphatic rings. The Kier molecular flexibility index (Phi) is 5.77. The van der Waals surface area contributed by atoms with E-state index < -0.39 is 0 Å². The normalized spacial score (nSPS) is 20.9. The summed E-state index contributed by atoms with van der Waals surface area (Å²) in [4.78, 5) is 28.7. The fourth-order valence-electron chi connectivity index (χ4n) is 3.96. The highest BCUT2D eigenvalue weighted by atomic mass is 16.2. The number of likely N-dealkylation sites (N-methyl/N-ethyl adjacent to an activating group) is 1. The molecule has 140 valence electrons. The monoisotopic (exact) mass is 355 g/mol. The number of rotatable bonds is 5. The van der Waals surface area contributed by atoms with Gasteiger partial charge in [-0.3, -0.25) is 9.59 Å². The van der Waals surface area contributed by atoms with Crippen LogP contribution in [0.25, 0.3) is 6.08 Å². The number of nitrogens with zero attached hydrogens (tertiary/aromatic N) is 2. The highest BCUT2D eigenvalue weighted by molar-refractivity contribution is 5.82. The van der Waals surface area contributed by atoms with Gasteiger partial charge in [-0.15, -0.1) is 0 Å². The second-order valence-electron chi connectivity index (χ2n) is 7.60. The second kappa shape index (κ2) is 8.04. The van der Waals surface area contributed by atoms with Gasteiger partial charge in [0.05, 0.1) is 6.04 Å². The third kappa shape index (κ3) is 4.15. The molecular weight excluding hydrogens is 326 g/mol. The lowest BCUT2D eigenvalue weighted by Gasteiger charge is -2.39. The third-order valence-corrected chi connectivity index (χ3v) is 5.78. The molecule has 0 radical (unpaired) electrons. The molecular formula is C21H29N3O2.